The monoisotopic (exact) mass is 189 g/mol. The van der Waals surface area contributed by atoms with E-state index in [4.69, 9.17) is 0 Å². The molecule has 0 bridgehead atoms. The molecule has 0 fully saturated rings. The molecule has 0 aliphatic rings. The summed E-state index contributed by atoms with van der Waals surface area (Å²) in [4.78, 5) is 0. The fourth-order valence-corrected chi connectivity index (χ4v) is 1.61. The number of nitrogens with one attached hydrogen (secondary N) is 1. The van der Waals surface area contributed by atoms with Crippen LogP contribution in [0.2, 0.25) is 0 Å². The van der Waals surface area contributed by atoms with Crippen LogP contribution in [0.5, 0.6) is 0 Å². The zero-order valence-electron chi connectivity index (χ0n) is 9.11. The molecule has 0 aliphatic heterocycles. The van der Waals surface area contributed by atoms with Gasteiger partial charge in [-0.3, -0.25) is 0 Å². The van der Waals surface area contributed by atoms with Gasteiger partial charge in [-0.1, -0.05) is 13.8 Å². The van der Waals surface area contributed by atoms with Gasteiger partial charge in [0.1, 0.15) is 0 Å². The van der Waals surface area contributed by atoms with Gasteiger partial charge in [-0.2, -0.15) is 11.8 Å². The lowest BCUT2D eigenvalue weighted by Gasteiger charge is -2.23. The minimum Gasteiger partial charge on any atom is -0.312 e. The largest absolute Gasteiger partial charge is 0.312 e. The minimum atomic E-state index is 0.269. The highest BCUT2D eigenvalue weighted by molar-refractivity contribution is 7.99. The Morgan fingerprint density at radius 2 is 1.92 bits per heavy atom. The van der Waals surface area contributed by atoms with Gasteiger partial charge in [0.15, 0.2) is 0 Å². The lowest BCUT2D eigenvalue weighted by Crippen LogP contribution is -2.39. The van der Waals surface area contributed by atoms with E-state index in [0.717, 1.165) is 12.5 Å². The molecule has 0 spiro atoms. The maximum Gasteiger partial charge on any atom is 0.00966 e. The van der Waals surface area contributed by atoms with E-state index < -0.39 is 0 Å². The van der Waals surface area contributed by atoms with Crippen LogP contribution in [0.15, 0.2) is 0 Å². The fraction of sp³-hybridized carbons (Fsp3) is 1.00. The Balaban J connectivity index is 3.37. The van der Waals surface area contributed by atoms with Crippen LogP contribution in [-0.2, 0) is 0 Å². The number of hydrogen-bond acceptors (Lipinski definition) is 2. The molecule has 0 amide bonds. The molecule has 0 saturated carbocycles. The smallest absolute Gasteiger partial charge is 0.00966 e. The predicted molar refractivity (Wildman–Crippen MR) is 59.9 cm³/mol. The average Bonchev–Trinajstić information content (AvgIpc) is 1.95. The van der Waals surface area contributed by atoms with Gasteiger partial charge in [0.05, 0.1) is 0 Å². The zero-order chi connectivity index (χ0) is 9.61. The first-order chi connectivity index (χ1) is 5.45. The Bertz CT molecular complexity index is 107. The van der Waals surface area contributed by atoms with E-state index >= 15 is 0 Å². The molecule has 0 aromatic heterocycles. The molecule has 0 radical (unpaired) electrons. The van der Waals surface area contributed by atoms with Gasteiger partial charge in [0.2, 0.25) is 0 Å². The quantitative estimate of drug-likeness (QED) is 0.714. The van der Waals surface area contributed by atoms with Crippen LogP contribution in [0.3, 0.4) is 0 Å². The van der Waals surface area contributed by atoms with Crippen LogP contribution in [0.4, 0.5) is 0 Å². The van der Waals surface area contributed by atoms with Crippen molar-refractivity contribution >= 4 is 11.8 Å². The summed E-state index contributed by atoms with van der Waals surface area (Å²) < 4.78 is 0. The second-order valence-corrected chi connectivity index (χ2v) is 5.71. The molecule has 1 nitrogen and oxygen atoms in total. The van der Waals surface area contributed by atoms with Crippen LogP contribution >= 0.6 is 11.8 Å². The molecule has 0 aliphatic carbocycles. The Hall–Kier alpha value is 0.310. The first-order valence-corrected chi connectivity index (χ1v) is 5.94. The summed E-state index contributed by atoms with van der Waals surface area (Å²) in [5, 5.41) is 3.52. The van der Waals surface area contributed by atoms with Crippen LogP contribution in [0.1, 0.15) is 34.6 Å². The Morgan fingerprint density at radius 3 is 2.33 bits per heavy atom. The summed E-state index contributed by atoms with van der Waals surface area (Å²) in [7, 11) is 0. The summed E-state index contributed by atoms with van der Waals surface area (Å²) in [6, 6.07) is 0. The van der Waals surface area contributed by atoms with E-state index in [-0.39, 0.29) is 5.54 Å². The van der Waals surface area contributed by atoms with Gasteiger partial charge < -0.3 is 5.32 Å². The van der Waals surface area contributed by atoms with Crippen LogP contribution in [0.25, 0.3) is 0 Å². The molecular weight excluding hydrogens is 166 g/mol. The molecule has 74 valence electrons. The SMILES string of the molecule is CCSCC(C)CNC(C)(C)C. The maximum absolute atomic E-state index is 3.52. The molecule has 2 heteroatoms. The van der Waals surface area contributed by atoms with Crippen molar-refractivity contribution in [2.45, 2.75) is 40.2 Å². The highest BCUT2D eigenvalue weighted by Gasteiger charge is 2.10. The zero-order valence-corrected chi connectivity index (χ0v) is 9.92. The van der Waals surface area contributed by atoms with Crippen molar-refractivity contribution < 1.29 is 0 Å². The molecule has 1 atom stereocenters. The Morgan fingerprint density at radius 1 is 1.33 bits per heavy atom. The normalized spacial score (nSPS) is 14.8. The third-order valence-corrected chi connectivity index (χ3v) is 2.80. The van der Waals surface area contributed by atoms with Crippen molar-refractivity contribution in [3.63, 3.8) is 0 Å². The van der Waals surface area contributed by atoms with Gasteiger partial charge in [0, 0.05) is 5.54 Å². The summed E-state index contributed by atoms with van der Waals surface area (Å²) in [6.45, 7) is 12.3. The molecule has 0 rings (SSSR count). The van der Waals surface area contributed by atoms with E-state index in [1.54, 1.807) is 0 Å². The third kappa shape index (κ3) is 8.41. The van der Waals surface area contributed by atoms with Crippen molar-refractivity contribution in [1.29, 1.82) is 0 Å². The lowest BCUT2D eigenvalue weighted by atomic mass is 10.1. The standard InChI is InChI=1S/C10H23NS/c1-6-12-8-9(2)7-11-10(3,4)5/h9,11H,6-8H2,1-5H3. The van der Waals surface area contributed by atoms with Gasteiger partial charge >= 0.3 is 0 Å². The van der Waals surface area contributed by atoms with Crippen LogP contribution in [0, 0.1) is 5.92 Å². The van der Waals surface area contributed by atoms with Crippen molar-refractivity contribution in [3.8, 4) is 0 Å². The topological polar surface area (TPSA) is 12.0 Å². The summed E-state index contributed by atoms with van der Waals surface area (Å²) in [5.74, 6) is 3.30. The molecular formula is C10H23NS. The van der Waals surface area contributed by atoms with E-state index in [1.807, 2.05) is 11.8 Å². The second-order valence-electron chi connectivity index (χ2n) is 4.40. The van der Waals surface area contributed by atoms with E-state index in [1.165, 1.54) is 11.5 Å². The fourth-order valence-electron chi connectivity index (χ4n) is 0.858. The molecule has 1 unspecified atom stereocenters. The first-order valence-electron chi connectivity index (χ1n) is 4.78. The number of hydrogen-bond donors (Lipinski definition) is 1. The van der Waals surface area contributed by atoms with Crippen LogP contribution in [-0.4, -0.2) is 23.6 Å². The van der Waals surface area contributed by atoms with Gasteiger partial charge in [-0.15, -0.1) is 0 Å². The molecule has 1 N–H and O–H groups in total. The van der Waals surface area contributed by atoms with Gasteiger partial charge in [-0.05, 0) is 44.7 Å². The molecule has 0 aromatic rings. The van der Waals surface area contributed by atoms with E-state index in [0.29, 0.717) is 0 Å². The molecule has 0 heterocycles. The summed E-state index contributed by atoms with van der Waals surface area (Å²) in [5.41, 5.74) is 0.269. The van der Waals surface area contributed by atoms with Crippen molar-refractivity contribution in [2.75, 3.05) is 18.1 Å². The number of rotatable bonds is 5. The van der Waals surface area contributed by atoms with E-state index in [2.05, 4.69) is 39.9 Å². The maximum atomic E-state index is 3.52. The van der Waals surface area contributed by atoms with Crippen molar-refractivity contribution in [2.24, 2.45) is 5.92 Å². The van der Waals surface area contributed by atoms with Crippen molar-refractivity contribution in [1.82, 2.24) is 5.32 Å². The van der Waals surface area contributed by atoms with Gasteiger partial charge in [0.25, 0.3) is 0 Å². The highest BCUT2D eigenvalue weighted by Crippen LogP contribution is 2.08. The summed E-state index contributed by atoms with van der Waals surface area (Å²) in [6.07, 6.45) is 0. The first kappa shape index (κ1) is 12.3. The lowest BCUT2D eigenvalue weighted by molar-refractivity contribution is 0.395. The predicted octanol–water partition coefficient (Wildman–Crippen LogP) is 2.76. The summed E-state index contributed by atoms with van der Waals surface area (Å²) >= 11 is 2.03. The highest BCUT2D eigenvalue weighted by atomic mass is 32.2. The third-order valence-electron chi connectivity index (χ3n) is 1.59. The Kier molecular flexibility index (Phi) is 6.02. The average molecular weight is 189 g/mol. The van der Waals surface area contributed by atoms with Gasteiger partial charge in [-0.25, -0.2) is 0 Å². The molecule has 12 heavy (non-hydrogen) atoms. The Labute approximate surface area is 81.7 Å². The minimum absolute atomic E-state index is 0.269. The van der Waals surface area contributed by atoms with Crippen LogP contribution < -0.4 is 5.32 Å². The van der Waals surface area contributed by atoms with Crippen molar-refractivity contribution in [3.05, 3.63) is 0 Å². The number of thioether (sulfide) groups is 1. The second kappa shape index (κ2) is 5.87. The molecule has 0 aromatic carbocycles. The van der Waals surface area contributed by atoms with E-state index in [9.17, 15) is 0 Å². The molecule has 0 saturated heterocycles.